The third-order valence-electron chi connectivity index (χ3n) is 3.38. The molecule has 0 aliphatic rings. The van der Waals surface area contributed by atoms with Gasteiger partial charge in [-0.05, 0) is 37.3 Å². The van der Waals surface area contributed by atoms with Gasteiger partial charge in [0.25, 0.3) is 5.56 Å². The fourth-order valence-electron chi connectivity index (χ4n) is 2.33. The molecule has 0 aliphatic carbocycles. The highest BCUT2D eigenvalue weighted by Gasteiger charge is 2.11. The van der Waals surface area contributed by atoms with E-state index in [1.54, 1.807) is 12.1 Å². The fraction of sp³-hybridized carbons (Fsp3) is 0.118. The molecule has 0 saturated carbocycles. The van der Waals surface area contributed by atoms with E-state index in [-0.39, 0.29) is 17.7 Å². The molecule has 7 heteroatoms. The molecule has 2 aromatic heterocycles. The van der Waals surface area contributed by atoms with Crippen molar-refractivity contribution in [3.05, 3.63) is 79.8 Å². The number of ether oxygens (including phenoxy) is 1. The van der Waals surface area contributed by atoms with Crippen LogP contribution >= 0.6 is 23.2 Å². The van der Waals surface area contributed by atoms with Crippen molar-refractivity contribution in [2.45, 2.75) is 13.5 Å². The first kappa shape index (κ1) is 16.5. The standard InChI is InChI=1S/C17H12Cl2N2O3/c1-10-3-2-4-15-20-14(8-16(22)21(10)15)9-24-17(23)11-5-12(18)7-13(19)6-11/h2-8H,9H2,1H3. The van der Waals surface area contributed by atoms with Gasteiger partial charge in [-0.25, -0.2) is 9.78 Å². The van der Waals surface area contributed by atoms with Gasteiger partial charge in [0.1, 0.15) is 12.3 Å². The first-order valence-corrected chi connectivity index (χ1v) is 7.81. The number of fused-ring (bicyclic) bond motifs is 1. The van der Waals surface area contributed by atoms with Gasteiger partial charge in [-0.15, -0.1) is 0 Å². The van der Waals surface area contributed by atoms with Crippen molar-refractivity contribution >= 4 is 34.8 Å². The summed E-state index contributed by atoms with van der Waals surface area (Å²) in [6.45, 7) is 1.70. The number of aryl methyl sites for hydroxylation is 1. The second-order valence-electron chi connectivity index (χ2n) is 5.18. The predicted molar refractivity (Wildman–Crippen MR) is 91.8 cm³/mol. The molecule has 3 rings (SSSR count). The first-order chi connectivity index (χ1) is 11.4. The monoisotopic (exact) mass is 362 g/mol. The molecule has 122 valence electrons. The summed E-state index contributed by atoms with van der Waals surface area (Å²) in [4.78, 5) is 28.6. The van der Waals surface area contributed by atoms with Crippen LogP contribution in [0, 0.1) is 6.92 Å². The van der Waals surface area contributed by atoms with Crippen LogP contribution in [-0.4, -0.2) is 15.4 Å². The number of hydrogen-bond acceptors (Lipinski definition) is 4. The second kappa shape index (κ2) is 6.63. The first-order valence-electron chi connectivity index (χ1n) is 7.05. The normalized spacial score (nSPS) is 10.8. The van der Waals surface area contributed by atoms with Crippen molar-refractivity contribution < 1.29 is 9.53 Å². The van der Waals surface area contributed by atoms with E-state index >= 15 is 0 Å². The zero-order valence-electron chi connectivity index (χ0n) is 12.6. The molecular weight excluding hydrogens is 351 g/mol. The van der Waals surface area contributed by atoms with Crippen molar-refractivity contribution in [2.24, 2.45) is 0 Å². The zero-order chi connectivity index (χ0) is 17.3. The number of halogens is 2. The van der Waals surface area contributed by atoms with Crippen LogP contribution in [0.2, 0.25) is 10.0 Å². The second-order valence-corrected chi connectivity index (χ2v) is 6.05. The molecule has 3 aromatic rings. The molecule has 5 nitrogen and oxygen atoms in total. The Morgan fingerprint density at radius 3 is 2.58 bits per heavy atom. The lowest BCUT2D eigenvalue weighted by Crippen LogP contribution is -2.18. The molecule has 0 amide bonds. The molecule has 0 radical (unpaired) electrons. The summed E-state index contributed by atoms with van der Waals surface area (Å²) in [7, 11) is 0. The van der Waals surface area contributed by atoms with Crippen LogP contribution in [-0.2, 0) is 11.3 Å². The number of rotatable bonds is 3. The van der Waals surface area contributed by atoms with Crippen molar-refractivity contribution in [3.8, 4) is 0 Å². The molecule has 0 unspecified atom stereocenters. The van der Waals surface area contributed by atoms with Gasteiger partial charge in [0.05, 0.1) is 11.3 Å². The van der Waals surface area contributed by atoms with Gasteiger partial charge in [-0.2, -0.15) is 0 Å². The average molecular weight is 363 g/mol. The minimum absolute atomic E-state index is 0.122. The highest BCUT2D eigenvalue weighted by atomic mass is 35.5. The van der Waals surface area contributed by atoms with E-state index < -0.39 is 5.97 Å². The Morgan fingerprint density at radius 2 is 1.88 bits per heavy atom. The number of pyridine rings is 1. The van der Waals surface area contributed by atoms with Crippen molar-refractivity contribution in [1.82, 2.24) is 9.38 Å². The number of aromatic nitrogens is 2. The number of carbonyl (C=O) groups excluding carboxylic acids is 1. The van der Waals surface area contributed by atoms with Gasteiger partial charge >= 0.3 is 5.97 Å². The Kier molecular flexibility index (Phi) is 4.55. The molecule has 1 aromatic carbocycles. The van der Waals surface area contributed by atoms with Crippen molar-refractivity contribution in [2.75, 3.05) is 0 Å². The largest absolute Gasteiger partial charge is 0.456 e. The minimum atomic E-state index is -0.592. The topological polar surface area (TPSA) is 60.7 Å². The fourth-order valence-corrected chi connectivity index (χ4v) is 2.86. The third-order valence-corrected chi connectivity index (χ3v) is 3.82. The maximum atomic E-state index is 12.2. The highest BCUT2D eigenvalue weighted by molar-refractivity contribution is 6.35. The van der Waals surface area contributed by atoms with Crippen LogP contribution < -0.4 is 5.56 Å². The van der Waals surface area contributed by atoms with E-state index in [9.17, 15) is 9.59 Å². The van der Waals surface area contributed by atoms with Crippen LogP contribution in [0.4, 0.5) is 0 Å². The summed E-state index contributed by atoms with van der Waals surface area (Å²) in [5, 5.41) is 0.680. The summed E-state index contributed by atoms with van der Waals surface area (Å²) in [5.41, 5.74) is 1.66. The van der Waals surface area contributed by atoms with E-state index in [0.717, 1.165) is 5.69 Å². The number of benzene rings is 1. The summed E-state index contributed by atoms with van der Waals surface area (Å²) in [6.07, 6.45) is 0. The Bertz CT molecular complexity index is 979. The molecule has 0 saturated heterocycles. The Hall–Kier alpha value is -2.37. The predicted octanol–water partition coefficient (Wildman–Crippen LogP) is 3.67. The number of esters is 1. The molecule has 0 aliphatic heterocycles. The lowest BCUT2D eigenvalue weighted by Gasteiger charge is -2.08. The number of nitrogens with zero attached hydrogens (tertiary/aromatic N) is 2. The Balaban J connectivity index is 1.83. The van der Waals surface area contributed by atoms with Gasteiger partial charge < -0.3 is 4.74 Å². The lowest BCUT2D eigenvalue weighted by molar-refractivity contribution is 0.0467. The zero-order valence-corrected chi connectivity index (χ0v) is 14.1. The quantitative estimate of drug-likeness (QED) is 0.667. The highest BCUT2D eigenvalue weighted by Crippen LogP contribution is 2.19. The molecule has 24 heavy (non-hydrogen) atoms. The number of hydrogen-bond donors (Lipinski definition) is 0. The van der Waals surface area contributed by atoms with Gasteiger partial charge in [0, 0.05) is 21.8 Å². The summed E-state index contributed by atoms with van der Waals surface area (Å²) >= 11 is 11.7. The van der Waals surface area contributed by atoms with Gasteiger partial charge in [-0.3, -0.25) is 9.20 Å². The van der Waals surface area contributed by atoms with Crippen LogP contribution in [0.5, 0.6) is 0 Å². The molecule has 0 N–H and O–H groups in total. The van der Waals surface area contributed by atoms with E-state index in [1.165, 1.54) is 28.7 Å². The van der Waals surface area contributed by atoms with Crippen LogP contribution in [0.15, 0.2) is 47.3 Å². The van der Waals surface area contributed by atoms with Crippen LogP contribution in [0.3, 0.4) is 0 Å². The van der Waals surface area contributed by atoms with E-state index in [0.29, 0.717) is 21.4 Å². The molecule has 0 bridgehead atoms. The maximum Gasteiger partial charge on any atom is 0.338 e. The molecule has 2 heterocycles. The SMILES string of the molecule is Cc1cccc2nc(COC(=O)c3cc(Cl)cc(Cl)c3)cc(=O)n12. The van der Waals surface area contributed by atoms with E-state index in [4.69, 9.17) is 27.9 Å². The minimum Gasteiger partial charge on any atom is -0.456 e. The summed E-state index contributed by atoms with van der Waals surface area (Å²) in [6, 6.07) is 11.1. The van der Waals surface area contributed by atoms with E-state index in [2.05, 4.69) is 4.98 Å². The average Bonchev–Trinajstić information content (AvgIpc) is 2.51. The van der Waals surface area contributed by atoms with E-state index in [1.807, 2.05) is 13.0 Å². The van der Waals surface area contributed by atoms with Crippen molar-refractivity contribution in [1.29, 1.82) is 0 Å². The van der Waals surface area contributed by atoms with Gasteiger partial charge in [-0.1, -0.05) is 29.3 Å². The van der Waals surface area contributed by atoms with Crippen molar-refractivity contribution in [3.63, 3.8) is 0 Å². The summed E-state index contributed by atoms with van der Waals surface area (Å²) < 4.78 is 6.68. The number of carbonyl (C=O) groups is 1. The summed E-state index contributed by atoms with van der Waals surface area (Å²) in [5.74, 6) is -0.592. The Morgan fingerprint density at radius 1 is 1.17 bits per heavy atom. The third kappa shape index (κ3) is 3.42. The Labute approximate surface area is 147 Å². The smallest absolute Gasteiger partial charge is 0.338 e. The molecule has 0 spiro atoms. The van der Waals surface area contributed by atoms with Gasteiger partial charge in [0.15, 0.2) is 0 Å². The molecule has 0 atom stereocenters. The van der Waals surface area contributed by atoms with Crippen LogP contribution in [0.1, 0.15) is 21.7 Å². The van der Waals surface area contributed by atoms with Gasteiger partial charge in [0.2, 0.25) is 0 Å². The molecular formula is C17H12Cl2N2O3. The van der Waals surface area contributed by atoms with Crippen LogP contribution in [0.25, 0.3) is 5.65 Å². The lowest BCUT2D eigenvalue weighted by atomic mass is 10.2. The molecule has 0 fully saturated rings. The maximum absolute atomic E-state index is 12.2.